The molecule has 0 aliphatic carbocycles. The lowest BCUT2D eigenvalue weighted by molar-refractivity contribution is -0.386. The van der Waals surface area contributed by atoms with Crippen molar-refractivity contribution < 1.29 is 38.3 Å². The zero-order valence-corrected chi connectivity index (χ0v) is 19.6. The van der Waals surface area contributed by atoms with Gasteiger partial charge in [0.25, 0.3) is 0 Å². The zero-order chi connectivity index (χ0) is 26.0. The third-order valence-corrected chi connectivity index (χ3v) is 4.78. The Morgan fingerprint density at radius 2 is 1.54 bits per heavy atom. The predicted molar refractivity (Wildman–Crippen MR) is 123 cm³/mol. The van der Waals surface area contributed by atoms with Crippen LogP contribution in [0.15, 0.2) is 48.5 Å². The number of amides is 1. The van der Waals surface area contributed by atoms with Crippen LogP contribution in [0.5, 0.6) is 5.75 Å². The molecule has 1 N–H and O–H groups in total. The van der Waals surface area contributed by atoms with Crippen LogP contribution in [0, 0.1) is 10.1 Å². The van der Waals surface area contributed by atoms with Crippen molar-refractivity contribution in [3.8, 4) is 5.75 Å². The predicted octanol–water partition coefficient (Wildman–Crippen LogP) is 2.75. The number of ether oxygens (including phenoxy) is 3. The molecule has 0 saturated carbocycles. The van der Waals surface area contributed by atoms with Gasteiger partial charge in [-0.25, -0.2) is 9.59 Å². The van der Waals surface area contributed by atoms with Gasteiger partial charge in [0.2, 0.25) is 11.4 Å². The minimum absolute atomic E-state index is 0.000799. The fourth-order valence-corrected chi connectivity index (χ4v) is 3.31. The Bertz CT molecular complexity index is 1080. The number of nitro groups is 1. The summed E-state index contributed by atoms with van der Waals surface area (Å²) in [4.78, 5) is 61.8. The SMILES string of the molecule is CCOC(=O)C(CC(=O)c1cccc(OCc2ccccc2)c1[N+](=O)[O-])(NC(C)=O)C(=O)OCC. The number of Topliss-reactive ketones (excluding diaryl/α,β-unsaturated/α-hetero) is 1. The molecule has 0 heterocycles. The molecular formula is C24H26N2O9. The van der Waals surface area contributed by atoms with Crippen LogP contribution < -0.4 is 10.1 Å². The quantitative estimate of drug-likeness (QED) is 0.157. The van der Waals surface area contributed by atoms with E-state index in [2.05, 4.69) is 5.32 Å². The number of ketones is 1. The number of nitro benzene ring substituents is 1. The molecule has 0 aliphatic rings. The van der Waals surface area contributed by atoms with E-state index in [1.54, 1.807) is 30.3 Å². The summed E-state index contributed by atoms with van der Waals surface area (Å²) in [6.07, 6.45) is -0.965. The molecule has 11 nitrogen and oxygen atoms in total. The Balaban J connectivity index is 2.49. The van der Waals surface area contributed by atoms with E-state index < -0.39 is 51.8 Å². The summed E-state index contributed by atoms with van der Waals surface area (Å²) in [5.41, 5.74) is -2.83. The molecule has 186 valence electrons. The number of rotatable bonds is 12. The third-order valence-electron chi connectivity index (χ3n) is 4.78. The van der Waals surface area contributed by atoms with E-state index in [-0.39, 0.29) is 25.6 Å². The van der Waals surface area contributed by atoms with E-state index in [1.165, 1.54) is 32.0 Å². The summed E-state index contributed by atoms with van der Waals surface area (Å²) in [6, 6.07) is 12.8. The highest BCUT2D eigenvalue weighted by atomic mass is 16.6. The lowest BCUT2D eigenvalue weighted by atomic mass is 9.89. The molecule has 11 heteroatoms. The maximum atomic E-state index is 13.3. The highest BCUT2D eigenvalue weighted by Crippen LogP contribution is 2.33. The van der Waals surface area contributed by atoms with Crippen LogP contribution in [-0.4, -0.2) is 47.3 Å². The zero-order valence-electron chi connectivity index (χ0n) is 19.6. The van der Waals surface area contributed by atoms with Gasteiger partial charge in [-0.2, -0.15) is 0 Å². The molecule has 2 aromatic carbocycles. The maximum Gasteiger partial charge on any atom is 0.344 e. The summed E-state index contributed by atoms with van der Waals surface area (Å²) in [5, 5.41) is 14.1. The fraction of sp³-hybridized carbons (Fsp3) is 0.333. The van der Waals surface area contributed by atoms with Crippen LogP contribution >= 0.6 is 0 Å². The number of carbonyl (C=O) groups excluding carboxylic acids is 4. The van der Waals surface area contributed by atoms with E-state index in [9.17, 15) is 29.3 Å². The lowest BCUT2D eigenvalue weighted by Crippen LogP contribution is -2.62. The first kappa shape index (κ1) is 27.0. The van der Waals surface area contributed by atoms with Crippen molar-refractivity contribution in [1.29, 1.82) is 0 Å². The van der Waals surface area contributed by atoms with Crippen LogP contribution in [0.3, 0.4) is 0 Å². The number of benzene rings is 2. The monoisotopic (exact) mass is 486 g/mol. The normalized spacial score (nSPS) is 10.7. The number of esters is 2. The van der Waals surface area contributed by atoms with Crippen molar-refractivity contribution in [2.45, 2.75) is 39.3 Å². The third kappa shape index (κ3) is 6.62. The standard InChI is InChI=1S/C24H26N2O9/c1-4-33-22(29)24(25-16(3)27,23(30)34-5-2)14-19(28)18-12-9-13-20(21(18)26(31)32)35-15-17-10-7-6-8-11-17/h6-13H,4-5,14-15H2,1-3H3,(H,25,27). The van der Waals surface area contributed by atoms with Crippen LogP contribution in [0.25, 0.3) is 0 Å². The van der Waals surface area contributed by atoms with Crippen molar-refractivity contribution in [3.05, 3.63) is 69.8 Å². The van der Waals surface area contributed by atoms with Gasteiger partial charge >= 0.3 is 17.6 Å². The fourth-order valence-electron chi connectivity index (χ4n) is 3.31. The van der Waals surface area contributed by atoms with Gasteiger partial charge in [0.05, 0.1) is 30.1 Å². The second-order valence-electron chi connectivity index (χ2n) is 7.31. The highest BCUT2D eigenvalue weighted by Gasteiger charge is 2.52. The molecule has 0 unspecified atom stereocenters. The van der Waals surface area contributed by atoms with Crippen LogP contribution in [-0.2, 0) is 30.5 Å². The van der Waals surface area contributed by atoms with E-state index >= 15 is 0 Å². The van der Waals surface area contributed by atoms with E-state index in [0.717, 1.165) is 12.5 Å². The number of nitrogens with one attached hydrogen (secondary N) is 1. The molecule has 0 radical (unpaired) electrons. The molecule has 2 rings (SSSR count). The van der Waals surface area contributed by atoms with Crippen molar-refractivity contribution in [1.82, 2.24) is 5.32 Å². The molecule has 0 aliphatic heterocycles. The summed E-state index contributed by atoms with van der Waals surface area (Å²) >= 11 is 0. The largest absolute Gasteiger partial charge is 0.482 e. The van der Waals surface area contributed by atoms with Crippen LogP contribution in [0.1, 0.15) is 43.1 Å². The highest BCUT2D eigenvalue weighted by molar-refractivity contribution is 6.14. The average molecular weight is 486 g/mol. The van der Waals surface area contributed by atoms with E-state index in [4.69, 9.17) is 14.2 Å². The molecule has 0 bridgehead atoms. The minimum Gasteiger partial charge on any atom is -0.482 e. The first-order valence-corrected chi connectivity index (χ1v) is 10.8. The van der Waals surface area contributed by atoms with Crippen LogP contribution in [0.2, 0.25) is 0 Å². The van der Waals surface area contributed by atoms with Gasteiger partial charge in [-0.3, -0.25) is 19.7 Å². The number of nitrogens with zero attached hydrogens (tertiary/aromatic N) is 1. The van der Waals surface area contributed by atoms with Gasteiger partial charge in [0.15, 0.2) is 11.5 Å². The molecule has 1 amide bonds. The van der Waals surface area contributed by atoms with Gasteiger partial charge in [-0.05, 0) is 31.5 Å². The molecule has 0 spiro atoms. The van der Waals surface area contributed by atoms with Crippen molar-refractivity contribution in [2.75, 3.05) is 13.2 Å². The van der Waals surface area contributed by atoms with Gasteiger partial charge in [0, 0.05) is 6.92 Å². The first-order valence-electron chi connectivity index (χ1n) is 10.8. The summed E-state index contributed by atoms with van der Waals surface area (Å²) in [5.74, 6) is -4.41. The number of hydrogen-bond donors (Lipinski definition) is 1. The smallest absolute Gasteiger partial charge is 0.344 e. The molecule has 0 saturated heterocycles. The maximum absolute atomic E-state index is 13.3. The average Bonchev–Trinajstić information content (AvgIpc) is 2.82. The Labute approximate surface area is 201 Å². The van der Waals surface area contributed by atoms with Gasteiger partial charge < -0.3 is 19.5 Å². The van der Waals surface area contributed by atoms with E-state index in [1.807, 2.05) is 0 Å². The number of carbonyl (C=O) groups is 4. The summed E-state index contributed by atoms with van der Waals surface area (Å²) in [6.45, 7) is 3.68. The topological polar surface area (TPSA) is 151 Å². The van der Waals surface area contributed by atoms with Crippen LogP contribution in [0.4, 0.5) is 5.69 Å². The Hall–Kier alpha value is -4.28. The second-order valence-corrected chi connectivity index (χ2v) is 7.31. The Morgan fingerprint density at radius 1 is 0.943 bits per heavy atom. The van der Waals surface area contributed by atoms with Crippen molar-refractivity contribution in [2.24, 2.45) is 0 Å². The second kappa shape index (κ2) is 12.3. The molecule has 35 heavy (non-hydrogen) atoms. The Kier molecular flexibility index (Phi) is 9.44. The number of para-hydroxylation sites is 1. The first-order chi connectivity index (χ1) is 16.7. The van der Waals surface area contributed by atoms with Crippen molar-refractivity contribution in [3.63, 3.8) is 0 Å². The lowest BCUT2D eigenvalue weighted by Gasteiger charge is -2.29. The molecule has 0 aromatic heterocycles. The number of hydrogen-bond acceptors (Lipinski definition) is 9. The van der Waals surface area contributed by atoms with E-state index in [0.29, 0.717) is 0 Å². The summed E-state index contributed by atoms with van der Waals surface area (Å²) in [7, 11) is 0. The molecule has 0 fully saturated rings. The van der Waals surface area contributed by atoms with Gasteiger partial charge in [-0.15, -0.1) is 0 Å². The molecule has 0 atom stereocenters. The van der Waals surface area contributed by atoms with Crippen molar-refractivity contribution >= 4 is 29.3 Å². The molecule has 2 aromatic rings. The molecular weight excluding hydrogens is 460 g/mol. The Morgan fingerprint density at radius 3 is 2.06 bits per heavy atom. The van der Waals surface area contributed by atoms with Gasteiger partial charge in [0.1, 0.15) is 6.61 Å². The van der Waals surface area contributed by atoms with Gasteiger partial charge in [-0.1, -0.05) is 36.4 Å². The summed E-state index contributed by atoms with van der Waals surface area (Å²) < 4.78 is 15.5. The minimum atomic E-state index is -2.52.